The van der Waals surface area contributed by atoms with Gasteiger partial charge in [0.05, 0.1) is 12.7 Å². The van der Waals surface area contributed by atoms with Crippen molar-refractivity contribution in [3.63, 3.8) is 0 Å². The molecule has 142 valence electrons. The molecule has 1 unspecified atom stereocenters. The van der Waals surface area contributed by atoms with Gasteiger partial charge in [-0.2, -0.15) is 0 Å². The highest BCUT2D eigenvalue weighted by molar-refractivity contribution is 5.14. The summed E-state index contributed by atoms with van der Waals surface area (Å²) in [4.78, 5) is 2.50. The molecular formula is C22H37NO2. The Morgan fingerprint density at radius 1 is 1.20 bits per heavy atom. The molecule has 1 aliphatic carbocycles. The molecule has 1 saturated carbocycles. The molecule has 0 spiro atoms. The molecule has 1 aromatic carbocycles. The molecule has 3 heteroatoms. The van der Waals surface area contributed by atoms with Gasteiger partial charge in [-0.3, -0.25) is 4.90 Å². The first-order chi connectivity index (χ1) is 12.1. The van der Waals surface area contributed by atoms with E-state index in [-0.39, 0.29) is 18.2 Å². The summed E-state index contributed by atoms with van der Waals surface area (Å²) in [6.45, 7) is 6.47. The zero-order valence-electron chi connectivity index (χ0n) is 16.2. The van der Waals surface area contributed by atoms with Gasteiger partial charge in [-0.05, 0) is 69.4 Å². The van der Waals surface area contributed by atoms with Crippen molar-refractivity contribution in [3.05, 3.63) is 35.9 Å². The fourth-order valence-electron chi connectivity index (χ4n) is 4.37. The van der Waals surface area contributed by atoms with E-state index in [9.17, 15) is 10.2 Å². The van der Waals surface area contributed by atoms with Crippen LogP contribution >= 0.6 is 0 Å². The van der Waals surface area contributed by atoms with Crippen LogP contribution in [-0.2, 0) is 6.42 Å². The van der Waals surface area contributed by atoms with E-state index in [1.54, 1.807) is 0 Å². The minimum Gasteiger partial charge on any atom is -0.395 e. The van der Waals surface area contributed by atoms with Gasteiger partial charge in [-0.1, -0.05) is 44.2 Å². The van der Waals surface area contributed by atoms with Crippen LogP contribution in [0.4, 0.5) is 0 Å². The lowest BCUT2D eigenvalue weighted by Gasteiger charge is -2.48. The topological polar surface area (TPSA) is 43.7 Å². The molecule has 1 fully saturated rings. The molecule has 0 amide bonds. The first-order valence-corrected chi connectivity index (χ1v) is 10.1. The summed E-state index contributed by atoms with van der Waals surface area (Å²) in [5, 5.41) is 20.0. The molecule has 2 N–H and O–H groups in total. The monoisotopic (exact) mass is 347 g/mol. The number of aryl methyl sites for hydroxylation is 1. The molecule has 0 saturated heterocycles. The van der Waals surface area contributed by atoms with Crippen LogP contribution in [0, 0.1) is 5.92 Å². The largest absolute Gasteiger partial charge is 0.395 e. The number of hydrogen-bond acceptors (Lipinski definition) is 3. The van der Waals surface area contributed by atoms with E-state index in [1.807, 2.05) is 0 Å². The average Bonchev–Trinajstić information content (AvgIpc) is 2.59. The molecule has 25 heavy (non-hydrogen) atoms. The third-order valence-electron chi connectivity index (χ3n) is 5.76. The molecule has 0 bridgehead atoms. The average molecular weight is 348 g/mol. The first kappa shape index (κ1) is 20.4. The van der Waals surface area contributed by atoms with Crippen LogP contribution in [0.2, 0.25) is 0 Å². The van der Waals surface area contributed by atoms with E-state index in [4.69, 9.17) is 0 Å². The second-order valence-corrected chi connectivity index (χ2v) is 8.21. The normalized spacial score (nSPS) is 24.2. The molecule has 3 nitrogen and oxygen atoms in total. The van der Waals surface area contributed by atoms with Gasteiger partial charge < -0.3 is 10.2 Å². The fourth-order valence-corrected chi connectivity index (χ4v) is 4.37. The number of β-amino-alcohol motifs (C(OH)–C–C–N with tert-alkyl or cyclic N) is 1. The van der Waals surface area contributed by atoms with Gasteiger partial charge in [0, 0.05) is 12.1 Å². The Morgan fingerprint density at radius 2 is 1.96 bits per heavy atom. The summed E-state index contributed by atoms with van der Waals surface area (Å²) < 4.78 is 0. The highest BCUT2D eigenvalue weighted by Crippen LogP contribution is 2.38. The van der Waals surface area contributed by atoms with E-state index in [0.29, 0.717) is 5.92 Å². The maximum atomic E-state index is 10.4. The number of nitrogens with zero attached hydrogens (tertiary/aromatic N) is 1. The summed E-state index contributed by atoms with van der Waals surface area (Å²) in [6.07, 6.45) is 8.33. The van der Waals surface area contributed by atoms with Crippen LogP contribution in [0.15, 0.2) is 30.3 Å². The SMILES string of the molecule is CC(C)CCN(CCO)C1(CCCc2ccccc2)CCC[C@H](O)C1. The Hall–Kier alpha value is -0.900. The van der Waals surface area contributed by atoms with E-state index in [1.165, 1.54) is 5.56 Å². The van der Waals surface area contributed by atoms with E-state index < -0.39 is 0 Å². The van der Waals surface area contributed by atoms with Gasteiger partial charge >= 0.3 is 0 Å². The minimum atomic E-state index is -0.189. The zero-order chi connectivity index (χ0) is 18.1. The van der Waals surface area contributed by atoms with Crippen molar-refractivity contribution in [1.29, 1.82) is 0 Å². The predicted octanol–water partition coefficient (Wildman–Crippen LogP) is 4.02. The summed E-state index contributed by atoms with van der Waals surface area (Å²) in [7, 11) is 0. The predicted molar refractivity (Wildman–Crippen MR) is 105 cm³/mol. The zero-order valence-corrected chi connectivity index (χ0v) is 16.2. The summed E-state index contributed by atoms with van der Waals surface area (Å²) in [5.41, 5.74) is 1.45. The van der Waals surface area contributed by atoms with Crippen LogP contribution in [-0.4, -0.2) is 46.5 Å². The number of benzene rings is 1. The molecule has 2 atom stereocenters. The molecular weight excluding hydrogens is 310 g/mol. The lowest BCUT2D eigenvalue weighted by molar-refractivity contribution is -0.0232. The highest BCUT2D eigenvalue weighted by Gasteiger charge is 2.39. The van der Waals surface area contributed by atoms with Crippen molar-refractivity contribution in [2.45, 2.75) is 76.9 Å². The quantitative estimate of drug-likeness (QED) is 0.672. The third kappa shape index (κ3) is 6.40. The Morgan fingerprint density at radius 3 is 2.60 bits per heavy atom. The smallest absolute Gasteiger partial charge is 0.0558 e. The molecule has 0 aromatic heterocycles. The maximum Gasteiger partial charge on any atom is 0.0558 e. The highest BCUT2D eigenvalue weighted by atomic mass is 16.3. The lowest BCUT2D eigenvalue weighted by Crippen LogP contribution is -2.54. The number of rotatable bonds is 10. The molecule has 0 radical (unpaired) electrons. The molecule has 0 heterocycles. The van der Waals surface area contributed by atoms with Gasteiger partial charge in [0.1, 0.15) is 0 Å². The molecule has 1 aliphatic rings. The molecule has 0 aliphatic heterocycles. The van der Waals surface area contributed by atoms with Crippen molar-refractivity contribution < 1.29 is 10.2 Å². The van der Waals surface area contributed by atoms with Crippen molar-refractivity contribution in [2.75, 3.05) is 19.7 Å². The summed E-state index contributed by atoms with van der Waals surface area (Å²) >= 11 is 0. The van der Waals surface area contributed by atoms with Gasteiger partial charge in [0.2, 0.25) is 0 Å². The fraction of sp³-hybridized carbons (Fsp3) is 0.727. The number of aliphatic hydroxyl groups is 2. The second kappa shape index (κ2) is 10.3. The molecule has 2 rings (SSSR count). The Balaban J connectivity index is 2.05. The van der Waals surface area contributed by atoms with Gasteiger partial charge in [0.25, 0.3) is 0 Å². The van der Waals surface area contributed by atoms with E-state index in [0.717, 1.165) is 64.5 Å². The Kier molecular flexibility index (Phi) is 8.41. The van der Waals surface area contributed by atoms with Crippen LogP contribution in [0.1, 0.15) is 64.4 Å². The third-order valence-corrected chi connectivity index (χ3v) is 5.76. The van der Waals surface area contributed by atoms with E-state index in [2.05, 4.69) is 49.1 Å². The van der Waals surface area contributed by atoms with Crippen molar-refractivity contribution in [2.24, 2.45) is 5.92 Å². The van der Waals surface area contributed by atoms with Crippen molar-refractivity contribution >= 4 is 0 Å². The summed E-state index contributed by atoms with van der Waals surface area (Å²) in [6, 6.07) is 10.7. The van der Waals surface area contributed by atoms with Crippen molar-refractivity contribution in [1.82, 2.24) is 4.90 Å². The lowest BCUT2D eigenvalue weighted by atomic mass is 9.75. The van der Waals surface area contributed by atoms with Crippen LogP contribution < -0.4 is 0 Å². The van der Waals surface area contributed by atoms with Gasteiger partial charge in [-0.25, -0.2) is 0 Å². The second-order valence-electron chi connectivity index (χ2n) is 8.21. The first-order valence-electron chi connectivity index (χ1n) is 10.1. The van der Waals surface area contributed by atoms with E-state index >= 15 is 0 Å². The maximum absolute atomic E-state index is 10.4. The minimum absolute atomic E-state index is 0.0596. The standard InChI is InChI=1S/C22H37NO2/c1-19(2)12-15-23(16-17-24)22(14-7-11-21(25)18-22)13-6-10-20-8-4-3-5-9-20/h3-5,8-9,19,21,24-25H,6-7,10-18H2,1-2H3/t21-,22?/m0/s1. The molecule has 1 aromatic rings. The van der Waals surface area contributed by atoms with Crippen LogP contribution in [0.25, 0.3) is 0 Å². The van der Waals surface area contributed by atoms with Gasteiger partial charge in [-0.15, -0.1) is 0 Å². The number of hydrogen-bond donors (Lipinski definition) is 2. The van der Waals surface area contributed by atoms with Crippen molar-refractivity contribution in [3.8, 4) is 0 Å². The summed E-state index contributed by atoms with van der Waals surface area (Å²) in [5.74, 6) is 0.663. The van der Waals surface area contributed by atoms with Gasteiger partial charge in [0.15, 0.2) is 0 Å². The Labute approximate surface area is 154 Å². The van der Waals surface area contributed by atoms with Crippen LogP contribution in [0.3, 0.4) is 0 Å². The number of aliphatic hydroxyl groups excluding tert-OH is 2. The Bertz CT molecular complexity index is 476. The van der Waals surface area contributed by atoms with Crippen LogP contribution in [0.5, 0.6) is 0 Å².